The first-order valence-corrected chi connectivity index (χ1v) is 8.91. The van der Waals surface area contributed by atoms with Crippen molar-refractivity contribution in [3.63, 3.8) is 0 Å². The van der Waals surface area contributed by atoms with E-state index in [4.69, 9.17) is 4.74 Å². The number of amides is 1. The van der Waals surface area contributed by atoms with Gasteiger partial charge in [-0.1, -0.05) is 18.2 Å². The molecule has 7 heteroatoms. The number of hydrogen-bond donors (Lipinski definition) is 0. The first kappa shape index (κ1) is 18.1. The molecule has 0 radical (unpaired) electrons. The van der Waals surface area contributed by atoms with Crippen LogP contribution in [0, 0.1) is 17.0 Å². The van der Waals surface area contributed by atoms with Gasteiger partial charge in [-0.3, -0.25) is 14.9 Å². The van der Waals surface area contributed by atoms with Gasteiger partial charge < -0.3 is 9.64 Å². The number of carbonyl (C=O) groups excluding carboxylic acids is 2. The fraction of sp³-hybridized carbons (Fsp3) is 0.474. The Morgan fingerprint density at radius 2 is 2.08 bits per heavy atom. The number of nitrogens with zero attached hydrogens (tertiary/aromatic N) is 2. The van der Waals surface area contributed by atoms with Crippen LogP contribution in [-0.2, 0) is 9.53 Å². The summed E-state index contributed by atoms with van der Waals surface area (Å²) < 4.78 is 5.15. The number of carbonyl (C=O) groups is 2. The third-order valence-corrected chi connectivity index (χ3v) is 4.74. The molecule has 26 heavy (non-hydrogen) atoms. The molecule has 2 aliphatic rings. The maximum absolute atomic E-state index is 12.6. The van der Waals surface area contributed by atoms with Crippen LogP contribution >= 0.6 is 0 Å². The molecule has 0 aromatic heterocycles. The van der Waals surface area contributed by atoms with Crippen LogP contribution in [0.2, 0.25) is 0 Å². The second kappa shape index (κ2) is 7.68. The lowest BCUT2D eigenvalue weighted by Crippen LogP contribution is -2.36. The van der Waals surface area contributed by atoms with Crippen LogP contribution in [0.15, 0.2) is 30.0 Å². The van der Waals surface area contributed by atoms with E-state index in [1.165, 1.54) is 12.1 Å². The molecule has 0 atom stereocenters. The number of allylic oxidation sites excluding steroid dienone is 2. The number of hydrogen-bond acceptors (Lipinski definition) is 5. The molecule has 0 heterocycles. The summed E-state index contributed by atoms with van der Waals surface area (Å²) in [4.78, 5) is 37.3. The molecular weight excluding hydrogens is 336 g/mol. The Hall–Kier alpha value is -2.70. The average molecular weight is 358 g/mol. The number of nitro benzene ring substituents is 1. The number of nitro groups is 1. The van der Waals surface area contributed by atoms with Crippen LogP contribution in [0.5, 0.6) is 0 Å². The molecule has 0 unspecified atom stereocenters. The summed E-state index contributed by atoms with van der Waals surface area (Å²) in [7, 11) is 0. The average Bonchev–Trinajstić information content (AvgIpc) is 3.45. The summed E-state index contributed by atoms with van der Waals surface area (Å²) in [6.45, 7) is 1.20. The molecule has 0 aliphatic heterocycles. The predicted octanol–water partition coefficient (Wildman–Crippen LogP) is 3.51. The van der Waals surface area contributed by atoms with Gasteiger partial charge in [-0.25, -0.2) is 4.79 Å². The minimum atomic E-state index is -0.837. The lowest BCUT2D eigenvalue weighted by atomic mass is 10.0. The fourth-order valence-corrected chi connectivity index (χ4v) is 3.31. The van der Waals surface area contributed by atoms with E-state index in [1.807, 2.05) is 0 Å². The quantitative estimate of drug-likeness (QED) is 0.441. The maximum Gasteiger partial charge on any atom is 0.345 e. The smallest absolute Gasteiger partial charge is 0.345 e. The molecule has 1 aromatic carbocycles. The van der Waals surface area contributed by atoms with E-state index in [1.54, 1.807) is 17.9 Å². The zero-order chi connectivity index (χ0) is 18.7. The van der Waals surface area contributed by atoms with Gasteiger partial charge in [0.05, 0.1) is 4.92 Å². The fourth-order valence-electron chi connectivity index (χ4n) is 3.31. The van der Waals surface area contributed by atoms with Crippen LogP contribution in [0.1, 0.15) is 54.4 Å². The first-order chi connectivity index (χ1) is 12.5. The van der Waals surface area contributed by atoms with Crippen molar-refractivity contribution in [3.8, 4) is 0 Å². The van der Waals surface area contributed by atoms with Gasteiger partial charge >= 0.3 is 5.97 Å². The Morgan fingerprint density at radius 3 is 2.69 bits per heavy atom. The van der Waals surface area contributed by atoms with E-state index in [-0.39, 0.29) is 23.2 Å². The summed E-state index contributed by atoms with van der Waals surface area (Å²) in [5, 5.41) is 11.1. The van der Waals surface area contributed by atoms with Crippen LogP contribution in [0.25, 0.3) is 0 Å². The van der Waals surface area contributed by atoms with Gasteiger partial charge in [0.2, 0.25) is 0 Å². The van der Waals surface area contributed by atoms with E-state index in [0.717, 1.165) is 44.2 Å². The molecule has 0 bridgehead atoms. The predicted molar refractivity (Wildman–Crippen MR) is 94.5 cm³/mol. The maximum atomic E-state index is 12.6. The van der Waals surface area contributed by atoms with Gasteiger partial charge in [0.15, 0.2) is 6.61 Å². The highest BCUT2D eigenvalue weighted by atomic mass is 16.6. The number of rotatable bonds is 6. The molecule has 3 rings (SSSR count). The molecule has 1 amide bonds. The van der Waals surface area contributed by atoms with E-state index in [2.05, 4.69) is 6.08 Å². The summed E-state index contributed by atoms with van der Waals surface area (Å²) >= 11 is 0. The zero-order valence-corrected chi connectivity index (χ0v) is 14.8. The first-order valence-electron chi connectivity index (χ1n) is 8.91. The summed E-state index contributed by atoms with van der Waals surface area (Å²) in [6, 6.07) is 4.57. The van der Waals surface area contributed by atoms with Crippen molar-refractivity contribution >= 4 is 17.6 Å². The minimum absolute atomic E-state index is 0.0971. The topological polar surface area (TPSA) is 89.7 Å². The van der Waals surface area contributed by atoms with Crippen LogP contribution in [0.3, 0.4) is 0 Å². The molecule has 0 saturated heterocycles. The molecule has 0 spiro atoms. The Bertz CT molecular complexity index is 767. The second-order valence-electron chi connectivity index (χ2n) is 6.74. The van der Waals surface area contributed by atoms with Crippen LogP contribution in [-0.4, -0.2) is 34.3 Å². The molecule has 1 fully saturated rings. The Kier molecular flexibility index (Phi) is 5.35. The Labute approximate surface area is 151 Å². The van der Waals surface area contributed by atoms with Crippen LogP contribution in [0.4, 0.5) is 5.69 Å². The van der Waals surface area contributed by atoms with Crippen molar-refractivity contribution in [2.75, 3.05) is 6.61 Å². The van der Waals surface area contributed by atoms with E-state index in [9.17, 15) is 19.7 Å². The molecule has 7 nitrogen and oxygen atoms in total. The van der Waals surface area contributed by atoms with E-state index in [0.29, 0.717) is 5.56 Å². The van der Waals surface area contributed by atoms with Crippen molar-refractivity contribution in [2.24, 2.45) is 0 Å². The normalized spacial score (nSPS) is 16.6. The third kappa shape index (κ3) is 3.92. The summed E-state index contributed by atoms with van der Waals surface area (Å²) in [6.07, 6.45) is 8.01. The van der Waals surface area contributed by atoms with Gasteiger partial charge in [-0.2, -0.15) is 0 Å². The standard InChI is InChI=1S/C19H22N2O5/c1-13-6-5-9-16(21(24)25)18(13)19(23)26-12-17(22)20(15-10-11-15)14-7-3-2-4-8-14/h5-7,9,15H,2-4,8,10-12H2,1H3. The Balaban J connectivity index is 1.70. The molecule has 1 saturated carbocycles. The van der Waals surface area contributed by atoms with Gasteiger partial charge in [0.1, 0.15) is 5.56 Å². The second-order valence-corrected chi connectivity index (χ2v) is 6.74. The highest BCUT2D eigenvalue weighted by Crippen LogP contribution is 2.34. The lowest BCUT2D eigenvalue weighted by Gasteiger charge is -2.27. The molecule has 138 valence electrons. The highest BCUT2D eigenvalue weighted by molar-refractivity contribution is 5.96. The lowest BCUT2D eigenvalue weighted by molar-refractivity contribution is -0.385. The number of ether oxygens (including phenoxy) is 1. The number of benzene rings is 1. The molecular formula is C19H22N2O5. The van der Waals surface area contributed by atoms with Gasteiger partial charge in [0.25, 0.3) is 11.6 Å². The monoisotopic (exact) mass is 358 g/mol. The van der Waals surface area contributed by atoms with Gasteiger partial charge in [-0.05, 0) is 51.0 Å². The molecule has 1 aromatic rings. The molecule has 0 N–H and O–H groups in total. The molecule has 2 aliphatic carbocycles. The van der Waals surface area contributed by atoms with Gasteiger partial charge in [0, 0.05) is 17.8 Å². The van der Waals surface area contributed by atoms with Crippen molar-refractivity contribution in [2.45, 2.75) is 51.5 Å². The summed E-state index contributed by atoms with van der Waals surface area (Å²) in [5.41, 5.74) is 1.06. The van der Waals surface area contributed by atoms with E-state index < -0.39 is 17.5 Å². The minimum Gasteiger partial charge on any atom is -0.452 e. The number of aryl methyl sites for hydroxylation is 1. The largest absolute Gasteiger partial charge is 0.452 e. The Morgan fingerprint density at radius 1 is 1.31 bits per heavy atom. The highest BCUT2D eigenvalue weighted by Gasteiger charge is 2.35. The zero-order valence-electron chi connectivity index (χ0n) is 14.8. The third-order valence-electron chi connectivity index (χ3n) is 4.74. The van der Waals surface area contributed by atoms with Gasteiger partial charge in [-0.15, -0.1) is 0 Å². The summed E-state index contributed by atoms with van der Waals surface area (Å²) in [5.74, 6) is -1.10. The van der Waals surface area contributed by atoms with Crippen molar-refractivity contribution < 1.29 is 19.2 Å². The number of esters is 1. The van der Waals surface area contributed by atoms with Crippen molar-refractivity contribution in [1.82, 2.24) is 4.90 Å². The van der Waals surface area contributed by atoms with Crippen LogP contribution < -0.4 is 0 Å². The van der Waals surface area contributed by atoms with Crippen molar-refractivity contribution in [1.29, 1.82) is 0 Å². The van der Waals surface area contributed by atoms with Crippen molar-refractivity contribution in [3.05, 3.63) is 51.2 Å². The SMILES string of the molecule is Cc1cccc([N+](=O)[O-])c1C(=O)OCC(=O)N(C1=CCCCC1)C1CC1. The van der Waals surface area contributed by atoms with E-state index >= 15 is 0 Å².